The zero-order valence-electron chi connectivity index (χ0n) is 17.7. The highest BCUT2D eigenvalue weighted by Gasteiger charge is 2.23. The number of fused-ring (bicyclic) bond motifs is 2. The van der Waals surface area contributed by atoms with Crippen molar-refractivity contribution in [2.75, 3.05) is 0 Å². The predicted octanol–water partition coefficient (Wildman–Crippen LogP) is 6.13. The lowest BCUT2D eigenvalue weighted by Crippen LogP contribution is -1.99. The van der Waals surface area contributed by atoms with E-state index in [2.05, 4.69) is 0 Å². The maximum atomic E-state index is 11.7. The van der Waals surface area contributed by atoms with Crippen molar-refractivity contribution >= 4 is 33.5 Å². The Bertz CT molecular complexity index is 1460. The van der Waals surface area contributed by atoms with Gasteiger partial charge in [-0.2, -0.15) is 0 Å². The van der Waals surface area contributed by atoms with Crippen LogP contribution in [-0.2, 0) is 0 Å². The van der Waals surface area contributed by atoms with Crippen LogP contribution in [0.5, 0.6) is 11.5 Å². The number of rotatable bonds is 4. The molecule has 4 N–H and O–H groups in total. The number of aromatic hydroxyl groups is 2. The molecule has 0 bridgehead atoms. The number of benzene rings is 5. The van der Waals surface area contributed by atoms with Crippen molar-refractivity contribution < 1.29 is 30.0 Å². The minimum atomic E-state index is -1.24. The zero-order chi connectivity index (χ0) is 24.0. The van der Waals surface area contributed by atoms with Gasteiger partial charge in [-0.15, -0.1) is 0 Å². The Labute approximate surface area is 193 Å². The summed E-state index contributed by atoms with van der Waals surface area (Å²) in [5.41, 5.74) is 1.60. The average Bonchev–Trinajstić information content (AvgIpc) is 2.83. The summed E-state index contributed by atoms with van der Waals surface area (Å²) in [5, 5.41) is 43.7. The van der Waals surface area contributed by atoms with Gasteiger partial charge in [0.05, 0.1) is 0 Å². The Morgan fingerprint density at radius 1 is 0.471 bits per heavy atom. The number of carboxylic acids is 2. The molecule has 0 heterocycles. The van der Waals surface area contributed by atoms with Crippen LogP contribution in [0.4, 0.5) is 0 Å². The highest BCUT2D eigenvalue weighted by atomic mass is 16.4. The SMILES string of the molecule is O=C(O)c1cccc(-c2c3ccccc3c(-c3cccc(C(=O)O)c3O)c3ccccc23)c1O. The van der Waals surface area contributed by atoms with Crippen LogP contribution in [-0.4, -0.2) is 32.4 Å². The Morgan fingerprint density at radius 3 is 1.09 bits per heavy atom. The lowest BCUT2D eigenvalue weighted by molar-refractivity contribution is 0.0682. The lowest BCUT2D eigenvalue weighted by atomic mass is 9.85. The highest BCUT2D eigenvalue weighted by Crippen LogP contribution is 2.48. The van der Waals surface area contributed by atoms with Crippen LogP contribution in [0.1, 0.15) is 20.7 Å². The largest absolute Gasteiger partial charge is 0.506 e. The molecular formula is C28H18O6. The van der Waals surface area contributed by atoms with Crippen LogP contribution in [0, 0.1) is 0 Å². The molecule has 6 heteroatoms. The normalized spacial score (nSPS) is 11.1. The van der Waals surface area contributed by atoms with Crippen LogP contribution in [0.3, 0.4) is 0 Å². The molecule has 6 nitrogen and oxygen atoms in total. The van der Waals surface area contributed by atoms with E-state index in [1.165, 1.54) is 12.1 Å². The summed E-state index contributed by atoms with van der Waals surface area (Å²) in [5.74, 6) is -3.15. The van der Waals surface area contributed by atoms with Gasteiger partial charge in [-0.25, -0.2) is 9.59 Å². The quantitative estimate of drug-likeness (QED) is 0.245. The second-order valence-electron chi connectivity index (χ2n) is 7.85. The van der Waals surface area contributed by atoms with Gasteiger partial charge in [-0.3, -0.25) is 0 Å². The fraction of sp³-hybridized carbons (Fsp3) is 0. The Balaban J connectivity index is 1.98. The molecule has 0 fully saturated rings. The van der Waals surface area contributed by atoms with Crippen molar-refractivity contribution in [3.05, 3.63) is 96.1 Å². The van der Waals surface area contributed by atoms with Gasteiger partial charge in [-0.1, -0.05) is 72.8 Å². The Kier molecular flexibility index (Phi) is 4.91. The molecule has 0 aliphatic carbocycles. The van der Waals surface area contributed by atoms with Gasteiger partial charge in [0.15, 0.2) is 0 Å². The topological polar surface area (TPSA) is 115 Å². The summed E-state index contributed by atoms with van der Waals surface area (Å²) in [6.07, 6.45) is 0. The number of phenols is 2. The maximum Gasteiger partial charge on any atom is 0.339 e. The first-order valence-electron chi connectivity index (χ1n) is 10.4. The number of carboxylic acid groups (broad SMARTS) is 2. The van der Waals surface area contributed by atoms with Crippen LogP contribution >= 0.6 is 0 Å². The van der Waals surface area contributed by atoms with Gasteiger partial charge < -0.3 is 20.4 Å². The van der Waals surface area contributed by atoms with Crippen molar-refractivity contribution in [1.29, 1.82) is 0 Å². The number of hydrogen-bond donors (Lipinski definition) is 4. The second kappa shape index (κ2) is 7.94. The molecule has 5 aromatic carbocycles. The smallest absolute Gasteiger partial charge is 0.339 e. The first kappa shape index (κ1) is 21.0. The van der Waals surface area contributed by atoms with E-state index < -0.39 is 11.9 Å². The van der Waals surface area contributed by atoms with E-state index >= 15 is 0 Å². The molecule has 0 aliphatic rings. The third kappa shape index (κ3) is 3.12. The monoisotopic (exact) mass is 450 g/mol. The minimum absolute atomic E-state index is 0.207. The van der Waals surface area contributed by atoms with Crippen LogP contribution in [0.2, 0.25) is 0 Å². The van der Waals surface area contributed by atoms with Crippen molar-refractivity contribution in [2.45, 2.75) is 0 Å². The van der Waals surface area contributed by atoms with Crippen LogP contribution < -0.4 is 0 Å². The first-order valence-corrected chi connectivity index (χ1v) is 10.4. The van der Waals surface area contributed by atoms with E-state index in [0.717, 1.165) is 0 Å². The van der Waals surface area contributed by atoms with Crippen molar-refractivity contribution in [1.82, 2.24) is 0 Å². The number of hydrogen-bond acceptors (Lipinski definition) is 4. The molecule has 0 aliphatic heterocycles. The van der Waals surface area contributed by atoms with Crippen LogP contribution in [0.25, 0.3) is 43.8 Å². The Hall–Kier alpha value is -4.84. The molecule has 5 rings (SSSR count). The maximum absolute atomic E-state index is 11.7. The molecule has 0 amide bonds. The number of para-hydroxylation sites is 2. The van der Waals surface area contributed by atoms with E-state index in [1.54, 1.807) is 24.3 Å². The lowest BCUT2D eigenvalue weighted by Gasteiger charge is -2.19. The number of carbonyl (C=O) groups is 2. The summed E-state index contributed by atoms with van der Waals surface area (Å²) in [6, 6.07) is 23.9. The van der Waals surface area contributed by atoms with Gasteiger partial charge in [0, 0.05) is 22.3 Å². The van der Waals surface area contributed by atoms with Gasteiger partial charge in [0.2, 0.25) is 0 Å². The predicted molar refractivity (Wildman–Crippen MR) is 130 cm³/mol. The molecule has 34 heavy (non-hydrogen) atoms. The summed E-state index contributed by atoms with van der Waals surface area (Å²) < 4.78 is 0. The summed E-state index contributed by atoms with van der Waals surface area (Å²) >= 11 is 0. The summed E-state index contributed by atoms with van der Waals surface area (Å²) in [6.45, 7) is 0. The molecule has 0 aromatic heterocycles. The summed E-state index contributed by atoms with van der Waals surface area (Å²) in [4.78, 5) is 23.3. The van der Waals surface area contributed by atoms with Crippen molar-refractivity contribution in [3.63, 3.8) is 0 Å². The molecular weight excluding hydrogens is 432 g/mol. The molecule has 166 valence electrons. The fourth-order valence-corrected chi connectivity index (χ4v) is 4.54. The molecule has 0 radical (unpaired) electrons. The van der Waals surface area contributed by atoms with Gasteiger partial charge in [-0.05, 0) is 33.7 Å². The first-order chi connectivity index (χ1) is 16.4. The van der Waals surface area contributed by atoms with Crippen LogP contribution in [0.15, 0.2) is 84.9 Å². The zero-order valence-corrected chi connectivity index (χ0v) is 17.7. The second-order valence-corrected chi connectivity index (χ2v) is 7.85. The molecule has 5 aromatic rings. The highest BCUT2D eigenvalue weighted by molar-refractivity contribution is 6.22. The molecule has 0 unspecified atom stereocenters. The molecule has 0 spiro atoms. The fourth-order valence-electron chi connectivity index (χ4n) is 4.54. The standard InChI is InChI=1S/C28H18O6/c29-25-19(11-5-13-21(25)27(31)32)23-15-7-1-2-8-16(15)24(18-10-4-3-9-17(18)23)20-12-6-14-22(26(20)30)28(33)34/h1-14,29-30H,(H,31,32)(H,33,34). The van der Waals surface area contributed by atoms with E-state index in [4.69, 9.17) is 0 Å². The Morgan fingerprint density at radius 2 is 0.794 bits per heavy atom. The van der Waals surface area contributed by atoms with Crippen molar-refractivity contribution in [3.8, 4) is 33.8 Å². The third-order valence-electron chi connectivity index (χ3n) is 6.00. The van der Waals surface area contributed by atoms with Gasteiger partial charge >= 0.3 is 11.9 Å². The van der Waals surface area contributed by atoms with E-state index in [0.29, 0.717) is 43.8 Å². The van der Waals surface area contributed by atoms with Gasteiger partial charge in [0.25, 0.3) is 0 Å². The van der Waals surface area contributed by atoms with Crippen molar-refractivity contribution in [2.24, 2.45) is 0 Å². The average molecular weight is 450 g/mol. The molecule has 0 saturated carbocycles. The molecule has 0 atom stereocenters. The third-order valence-corrected chi connectivity index (χ3v) is 6.00. The van der Waals surface area contributed by atoms with E-state index in [-0.39, 0.29) is 22.6 Å². The van der Waals surface area contributed by atoms with Gasteiger partial charge in [0.1, 0.15) is 22.6 Å². The number of aromatic carboxylic acids is 2. The minimum Gasteiger partial charge on any atom is -0.506 e. The summed E-state index contributed by atoms with van der Waals surface area (Å²) in [7, 11) is 0. The van der Waals surface area contributed by atoms with E-state index in [1.807, 2.05) is 48.5 Å². The van der Waals surface area contributed by atoms with E-state index in [9.17, 15) is 30.0 Å². The molecule has 0 saturated heterocycles.